The Kier molecular flexibility index (Phi) is 9.76. The Morgan fingerprint density at radius 2 is 2.10 bits per heavy atom. The van der Waals surface area contributed by atoms with Gasteiger partial charge in [-0.2, -0.15) is 0 Å². The average molecular weight is 314 g/mol. The Morgan fingerprint density at radius 3 is 2.67 bits per heavy atom. The van der Waals surface area contributed by atoms with Crippen LogP contribution in [0.1, 0.15) is 52.4 Å². The van der Waals surface area contributed by atoms with Gasteiger partial charge in [0, 0.05) is 24.3 Å². The SMILES string of the molecule is CCCCC(CN1CCC(C(N)=O)CC1)SC=NCCC. The fourth-order valence-corrected chi connectivity index (χ4v) is 3.60. The number of hydrogen-bond acceptors (Lipinski definition) is 4. The van der Waals surface area contributed by atoms with E-state index in [-0.39, 0.29) is 11.8 Å². The van der Waals surface area contributed by atoms with E-state index in [9.17, 15) is 4.79 Å². The van der Waals surface area contributed by atoms with Crippen LogP contribution in [0.3, 0.4) is 0 Å². The Bertz CT molecular complexity index is 315. The Morgan fingerprint density at radius 1 is 1.38 bits per heavy atom. The highest BCUT2D eigenvalue weighted by Gasteiger charge is 2.24. The van der Waals surface area contributed by atoms with Gasteiger partial charge in [-0.3, -0.25) is 9.79 Å². The van der Waals surface area contributed by atoms with Crippen molar-refractivity contribution >= 4 is 23.2 Å². The molecule has 1 unspecified atom stereocenters. The number of aliphatic imine (C=N–C) groups is 1. The van der Waals surface area contributed by atoms with Crippen LogP contribution in [0.2, 0.25) is 0 Å². The smallest absolute Gasteiger partial charge is 0.220 e. The molecule has 1 fully saturated rings. The number of primary amides is 1. The minimum atomic E-state index is -0.127. The monoisotopic (exact) mass is 313 g/mol. The Hall–Kier alpha value is -0.550. The van der Waals surface area contributed by atoms with Gasteiger partial charge in [0.1, 0.15) is 0 Å². The van der Waals surface area contributed by atoms with Crippen molar-refractivity contribution in [2.24, 2.45) is 16.6 Å². The molecule has 0 aliphatic carbocycles. The summed E-state index contributed by atoms with van der Waals surface area (Å²) in [4.78, 5) is 18.1. The summed E-state index contributed by atoms with van der Waals surface area (Å²) >= 11 is 1.88. The first-order valence-corrected chi connectivity index (χ1v) is 9.27. The molecular weight excluding hydrogens is 282 g/mol. The molecule has 2 N–H and O–H groups in total. The summed E-state index contributed by atoms with van der Waals surface area (Å²) in [7, 11) is 0. The summed E-state index contributed by atoms with van der Waals surface area (Å²) in [5.41, 5.74) is 7.44. The van der Waals surface area contributed by atoms with Crippen LogP contribution in [-0.4, -0.2) is 47.8 Å². The third-order valence-corrected chi connectivity index (χ3v) is 5.05. The molecule has 1 aliphatic rings. The molecule has 1 aliphatic heterocycles. The van der Waals surface area contributed by atoms with E-state index in [1.807, 2.05) is 17.3 Å². The van der Waals surface area contributed by atoms with Crippen LogP contribution in [0.15, 0.2) is 4.99 Å². The molecule has 0 saturated carbocycles. The normalized spacial score (nSPS) is 19.1. The molecule has 1 atom stereocenters. The van der Waals surface area contributed by atoms with Crippen LogP contribution in [-0.2, 0) is 4.79 Å². The number of carbonyl (C=O) groups excluding carboxylic acids is 1. The molecule has 0 aromatic rings. The zero-order chi connectivity index (χ0) is 15.5. The van der Waals surface area contributed by atoms with E-state index in [2.05, 4.69) is 23.7 Å². The third-order valence-electron chi connectivity index (χ3n) is 4.01. The van der Waals surface area contributed by atoms with Gasteiger partial charge in [-0.25, -0.2) is 0 Å². The van der Waals surface area contributed by atoms with Crippen LogP contribution in [0.25, 0.3) is 0 Å². The van der Waals surface area contributed by atoms with Gasteiger partial charge >= 0.3 is 0 Å². The number of likely N-dealkylation sites (tertiary alicyclic amines) is 1. The number of nitrogens with zero attached hydrogens (tertiary/aromatic N) is 2. The number of nitrogens with two attached hydrogens (primary N) is 1. The maximum atomic E-state index is 11.2. The van der Waals surface area contributed by atoms with Crippen molar-refractivity contribution in [3.63, 3.8) is 0 Å². The van der Waals surface area contributed by atoms with E-state index in [1.54, 1.807) is 0 Å². The second-order valence-electron chi connectivity index (χ2n) is 5.89. The van der Waals surface area contributed by atoms with Crippen molar-refractivity contribution in [2.75, 3.05) is 26.2 Å². The minimum Gasteiger partial charge on any atom is -0.369 e. The molecule has 5 heteroatoms. The first-order chi connectivity index (χ1) is 10.2. The molecule has 0 aromatic carbocycles. The fourth-order valence-electron chi connectivity index (χ4n) is 2.63. The van der Waals surface area contributed by atoms with Gasteiger partial charge in [0.25, 0.3) is 0 Å². The maximum Gasteiger partial charge on any atom is 0.220 e. The minimum absolute atomic E-state index is 0.0918. The van der Waals surface area contributed by atoms with Gasteiger partial charge < -0.3 is 10.6 Å². The van der Waals surface area contributed by atoms with Crippen molar-refractivity contribution < 1.29 is 4.79 Å². The van der Waals surface area contributed by atoms with E-state index < -0.39 is 0 Å². The second-order valence-corrected chi connectivity index (χ2v) is 7.04. The molecule has 21 heavy (non-hydrogen) atoms. The van der Waals surface area contributed by atoms with Gasteiger partial charge in [-0.05, 0) is 38.8 Å². The number of hydrogen-bond donors (Lipinski definition) is 1. The van der Waals surface area contributed by atoms with E-state index in [4.69, 9.17) is 5.73 Å². The highest BCUT2D eigenvalue weighted by Crippen LogP contribution is 2.21. The van der Waals surface area contributed by atoms with E-state index in [0.29, 0.717) is 5.25 Å². The van der Waals surface area contributed by atoms with Crippen LogP contribution >= 0.6 is 11.8 Å². The second kappa shape index (κ2) is 11.1. The molecule has 1 heterocycles. The Labute approximate surface area is 133 Å². The molecule has 122 valence electrons. The van der Waals surface area contributed by atoms with Gasteiger partial charge in [0.05, 0.1) is 5.55 Å². The summed E-state index contributed by atoms with van der Waals surface area (Å²) in [5, 5.41) is 0.621. The molecule has 1 amide bonds. The van der Waals surface area contributed by atoms with Crippen LogP contribution in [0.4, 0.5) is 0 Å². The fraction of sp³-hybridized carbons (Fsp3) is 0.875. The largest absolute Gasteiger partial charge is 0.369 e. The van der Waals surface area contributed by atoms with Crippen molar-refractivity contribution in [1.82, 2.24) is 4.90 Å². The van der Waals surface area contributed by atoms with E-state index >= 15 is 0 Å². The molecule has 0 aromatic heterocycles. The standard InChI is InChI=1S/C16H31N3OS/c1-3-5-6-15(21-13-18-9-4-2)12-19-10-7-14(8-11-19)16(17)20/h13-15H,3-12H2,1-2H3,(H2,17,20). The lowest BCUT2D eigenvalue weighted by molar-refractivity contribution is -0.123. The molecule has 4 nitrogen and oxygen atoms in total. The molecule has 0 bridgehead atoms. The summed E-state index contributed by atoms with van der Waals surface area (Å²) in [6.45, 7) is 8.43. The van der Waals surface area contributed by atoms with Gasteiger partial charge in [0.15, 0.2) is 0 Å². The molecule has 0 radical (unpaired) electrons. The van der Waals surface area contributed by atoms with Crippen molar-refractivity contribution in [3.8, 4) is 0 Å². The predicted molar refractivity (Wildman–Crippen MR) is 92.9 cm³/mol. The summed E-state index contributed by atoms with van der Waals surface area (Å²) < 4.78 is 0. The van der Waals surface area contributed by atoms with E-state index in [1.165, 1.54) is 19.3 Å². The summed E-state index contributed by atoms with van der Waals surface area (Å²) in [6.07, 6.45) is 6.71. The number of carbonyl (C=O) groups is 1. The van der Waals surface area contributed by atoms with E-state index in [0.717, 1.165) is 45.4 Å². The molecular formula is C16H31N3OS. The first-order valence-electron chi connectivity index (χ1n) is 8.32. The van der Waals surface area contributed by atoms with Crippen LogP contribution < -0.4 is 5.73 Å². The highest BCUT2D eigenvalue weighted by molar-refractivity contribution is 8.12. The molecule has 0 spiro atoms. The number of unbranched alkanes of at least 4 members (excludes halogenated alkanes) is 1. The van der Waals surface area contributed by atoms with Gasteiger partial charge in [-0.1, -0.05) is 26.7 Å². The lowest BCUT2D eigenvalue weighted by atomic mass is 9.96. The number of rotatable bonds is 10. The number of thioether (sulfide) groups is 1. The summed E-state index contributed by atoms with van der Waals surface area (Å²) in [6, 6.07) is 0. The molecule has 1 saturated heterocycles. The van der Waals surface area contributed by atoms with Crippen LogP contribution in [0, 0.1) is 5.92 Å². The zero-order valence-corrected chi connectivity index (χ0v) is 14.4. The molecule has 1 rings (SSSR count). The van der Waals surface area contributed by atoms with Crippen molar-refractivity contribution in [1.29, 1.82) is 0 Å². The Balaban J connectivity index is 2.36. The lowest BCUT2D eigenvalue weighted by Gasteiger charge is -2.32. The van der Waals surface area contributed by atoms with Gasteiger partial charge in [-0.15, -0.1) is 11.8 Å². The van der Waals surface area contributed by atoms with Crippen LogP contribution in [0.5, 0.6) is 0 Å². The topological polar surface area (TPSA) is 58.7 Å². The average Bonchev–Trinajstić information content (AvgIpc) is 2.49. The zero-order valence-electron chi connectivity index (χ0n) is 13.6. The first kappa shape index (κ1) is 18.5. The van der Waals surface area contributed by atoms with Crippen molar-refractivity contribution in [3.05, 3.63) is 0 Å². The lowest BCUT2D eigenvalue weighted by Crippen LogP contribution is -2.41. The van der Waals surface area contributed by atoms with Crippen molar-refractivity contribution in [2.45, 2.75) is 57.6 Å². The number of amides is 1. The predicted octanol–water partition coefficient (Wildman–Crippen LogP) is 2.91. The number of piperidine rings is 1. The van der Waals surface area contributed by atoms with Gasteiger partial charge in [0.2, 0.25) is 5.91 Å². The summed E-state index contributed by atoms with van der Waals surface area (Å²) in [5.74, 6) is -0.0348. The third kappa shape index (κ3) is 7.86. The quantitative estimate of drug-likeness (QED) is 0.498. The maximum absolute atomic E-state index is 11.2. The highest BCUT2D eigenvalue weighted by atomic mass is 32.2.